The highest BCUT2D eigenvalue weighted by Crippen LogP contribution is 2.20. The topological polar surface area (TPSA) is 61.4 Å². The molecule has 2 aromatic rings. The van der Waals surface area contributed by atoms with Crippen LogP contribution in [0.15, 0.2) is 36.7 Å². The third-order valence-electron chi connectivity index (χ3n) is 4.19. The van der Waals surface area contributed by atoms with Crippen molar-refractivity contribution in [3.63, 3.8) is 0 Å². The molecule has 1 saturated heterocycles. The Bertz CT molecular complexity index is 693. The Kier molecular flexibility index (Phi) is 4.93. The quantitative estimate of drug-likeness (QED) is 0.936. The SMILES string of the molecule is CN(C)c1ccc(Nc2cc(C(=O)N3CCCCC3)ncn2)cc1. The molecule has 3 rings (SSSR count). The number of hydrogen-bond donors (Lipinski definition) is 1. The average molecular weight is 325 g/mol. The van der Waals surface area contributed by atoms with E-state index in [1.807, 2.05) is 48.2 Å². The van der Waals surface area contributed by atoms with Crippen LogP contribution in [0, 0.1) is 0 Å². The van der Waals surface area contributed by atoms with E-state index < -0.39 is 0 Å². The Labute approximate surface area is 142 Å². The minimum Gasteiger partial charge on any atom is -0.378 e. The number of rotatable bonds is 4. The van der Waals surface area contributed by atoms with Crippen molar-refractivity contribution in [3.8, 4) is 0 Å². The maximum absolute atomic E-state index is 12.5. The Balaban J connectivity index is 1.71. The van der Waals surface area contributed by atoms with Crippen molar-refractivity contribution in [1.29, 1.82) is 0 Å². The smallest absolute Gasteiger partial charge is 0.272 e. The first-order valence-electron chi connectivity index (χ1n) is 8.29. The average Bonchev–Trinajstić information content (AvgIpc) is 2.62. The fourth-order valence-electron chi connectivity index (χ4n) is 2.79. The molecule has 24 heavy (non-hydrogen) atoms. The number of nitrogens with one attached hydrogen (secondary N) is 1. The number of likely N-dealkylation sites (tertiary alicyclic amines) is 1. The molecule has 1 aliphatic rings. The molecule has 2 heterocycles. The molecule has 0 spiro atoms. The monoisotopic (exact) mass is 325 g/mol. The van der Waals surface area contributed by atoms with Crippen LogP contribution in [0.2, 0.25) is 0 Å². The highest BCUT2D eigenvalue weighted by Gasteiger charge is 2.19. The van der Waals surface area contributed by atoms with Gasteiger partial charge in [0.2, 0.25) is 0 Å². The van der Waals surface area contributed by atoms with Crippen LogP contribution < -0.4 is 10.2 Å². The summed E-state index contributed by atoms with van der Waals surface area (Å²) < 4.78 is 0. The fraction of sp³-hybridized carbons (Fsp3) is 0.389. The first kappa shape index (κ1) is 16.2. The van der Waals surface area contributed by atoms with Gasteiger partial charge >= 0.3 is 0 Å². The zero-order chi connectivity index (χ0) is 16.9. The van der Waals surface area contributed by atoms with Gasteiger partial charge in [-0.05, 0) is 43.5 Å². The number of aromatic nitrogens is 2. The van der Waals surface area contributed by atoms with Crippen molar-refractivity contribution in [1.82, 2.24) is 14.9 Å². The Morgan fingerprint density at radius 1 is 1.08 bits per heavy atom. The lowest BCUT2D eigenvalue weighted by atomic mass is 10.1. The number of carbonyl (C=O) groups is 1. The first-order chi connectivity index (χ1) is 11.6. The highest BCUT2D eigenvalue weighted by atomic mass is 16.2. The molecule has 1 N–H and O–H groups in total. The van der Waals surface area contributed by atoms with Crippen molar-refractivity contribution >= 4 is 23.1 Å². The first-order valence-corrected chi connectivity index (χ1v) is 8.29. The van der Waals surface area contributed by atoms with Gasteiger partial charge in [0.05, 0.1) is 0 Å². The van der Waals surface area contributed by atoms with E-state index in [-0.39, 0.29) is 5.91 Å². The van der Waals surface area contributed by atoms with Gasteiger partial charge in [0, 0.05) is 44.6 Å². The van der Waals surface area contributed by atoms with Crippen LogP contribution in [0.4, 0.5) is 17.2 Å². The van der Waals surface area contributed by atoms with Crippen LogP contribution in [0.3, 0.4) is 0 Å². The van der Waals surface area contributed by atoms with E-state index in [0.717, 1.165) is 37.3 Å². The lowest BCUT2D eigenvalue weighted by molar-refractivity contribution is 0.0718. The van der Waals surface area contributed by atoms with E-state index in [1.165, 1.54) is 12.7 Å². The van der Waals surface area contributed by atoms with E-state index in [1.54, 1.807) is 6.07 Å². The maximum Gasteiger partial charge on any atom is 0.272 e. The summed E-state index contributed by atoms with van der Waals surface area (Å²) in [7, 11) is 4.01. The molecule has 0 radical (unpaired) electrons. The van der Waals surface area contributed by atoms with E-state index in [9.17, 15) is 4.79 Å². The zero-order valence-corrected chi connectivity index (χ0v) is 14.2. The van der Waals surface area contributed by atoms with Crippen LogP contribution in [-0.2, 0) is 0 Å². The number of amides is 1. The molecular weight excluding hydrogens is 302 g/mol. The second kappa shape index (κ2) is 7.29. The van der Waals surface area contributed by atoms with Crippen molar-refractivity contribution in [2.45, 2.75) is 19.3 Å². The largest absolute Gasteiger partial charge is 0.378 e. The minimum atomic E-state index is -0.0110. The standard InChI is InChI=1S/C18H23N5O/c1-22(2)15-8-6-14(7-9-15)21-17-12-16(19-13-20-17)18(24)23-10-4-3-5-11-23/h6-9,12-13H,3-5,10-11H2,1-2H3,(H,19,20,21). The number of hydrogen-bond acceptors (Lipinski definition) is 5. The highest BCUT2D eigenvalue weighted by molar-refractivity contribution is 5.93. The summed E-state index contributed by atoms with van der Waals surface area (Å²) in [5, 5.41) is 3.23. The second-order valence-electron chi connectivity index (χ2n) is 6.21. The molecule has 0 bridgehead atoms. The fourth-order valence-corrected chi connectivity index (χ4v) is 2.79. The third-order valence-corrected chi connectivity index (χ3v) is 4.19. The van der Waals surface area contributed by atoms with Gasteiger partial charge in [-0.2, -0.15) is 0 Å². The normalized spacial score (nSPS) is 14.3. The van der Waals surface area contributed by atoms with Crippen LogP contribution in [0.5, 0.6) is 0 Å². The van der Waals surface area contributed by atoms with Gasteiger partial charge in [0.1, 0.15) is 17.8 Å². The summed E-state index contributed by atoms with van der Waals surface area (Å²) in [6.45, 7) is 1.63. The van der Waals surface area contributed by atoms with E-state index in [4.69, 9.17) is 0 Å². The number of carbonyl (C=O) groups excluding carboxylic acids is 1. The van der Waals surface area contributed by atoms with Crippen LogP contribution in [0.25, 0.3) is 0 Å². The van der Waals surface area contributed by atoms with Gasteiger partial charge in [0.15, 0.2) is 0 Å². The maximum atomic E-state index is 12.5. The van der Waals surface area contributed by atoms with Crippen molar-refractivity contribution in [2.24, 2.45) is 0 Å². The Hall–Kier alpha value is -2.63. The molecule has 1 fully saturated rings. The number of piperidine rings is 1. The summed E-state index contributed by atoms with van der Waals surface area (Å²) >= 11 is 0. The molecule has 0 aliphatic carbocycles. The minimum absolute atomic E-state index is 0.0110. The zero-order valence-electron chi connectivity index (χ0n) is 14.2. The van der Waals surface area contributed by atoms with E-state index in [2.05, 4.69) is 15.3 Å². The predicted molar refractivity (Wildman–Crippen MR) is 95.8 cm³/mol. The molecule has 1 aliphatic heterocycles. The Morgan fingerprint density at radius 2 is 1.79 bits per heavy atom. The molecule has 1 amide bonds. The van der Waals surface area contributed by atoms with Crippen LogP contribution in [0.1, 0.15) is 29.8 Å². The van der Waals surface area contributed by atoms with E-state index in [0.29, 0.717) is 11.5 Å². The third kappa shape index (κ3) is 3.82. The molecule has 0 unspecified atom stereocenters. The molecule has 6 heteroatoms. The molecule has 1 aromatic carbocycles. The molecule has 1 aromatic heterocycles. The molecule has 0 saturated carbocycles. The van der Waals surface area contributed by atoms with E-state index >= 15 is 0 Å². The van der Waals surface area contributed by atoms with Gasteiger partial charge in [-0.3, -0.25) is 4.79 Å². The number of anilines is 3. The van der Waals surface area contributed by atoms with Crippen LogP contribution in [-0.4, -0.2) is 48.0 Å². The summed E-state index contributed by atoms with van der Waals surface area (Å²) in [5.74, 6) is 0.617. The number of benzene rings is 1. The molecule has 0 atom stereocenters. The van der Waals surface area contributed by atoms with Crippen molar-refractivity contribution in [3.05, 3.63) is 42.4 Å². The summed E-state index contributed by atoms with van der Waals surface area (Å²) in [4.78, 5) is 24.8. The molecular formula is C18H23N5O. The van der Waals surface area contributed by atoms with Gasteiger partial charge < -0.3 is 15.1 Å². The van der Waals surface area contributed by atoms with Gasteiger partial charge in [-0.1, -0.05) is 0 Å². The second-order valence-corrected chi connectivity index (χ2v) is 6.21. The number of nitrogens with zero attached hydrogens (tertiary/aromatic N) is 4. The Morgan fingerprint density at radius 3 is 2.46 bits per heavy atom. The molecule has 126 valence electrons. The van der Waals surface area contributed by atoms with Crippen molar-refractivity contribution < 1.29 is 4.79 Å². The lowest BCUT2D eigenvalue weighted by Gasteiger charge is -2.26. The van der Waals surface area contributed by atoms with Gasteiger partial charge in [0.25, 0.3) is 5.91 Å². The lowest BCUT2D eigenvalue weighted by Crippen LogP contribution is -2.36. The van der Waals surface area contributed by atoms with Crippen LogP contribution >= 0.6 is 0 Å². The van der Waals surface area contributed by atoms with Gasteiger partial charge in [-0.15, -0.1) is 0 Å². The predicted octanol–water partition coefficient (Wildman–Crippen LogP) is 2.91. The van der Waals surface area contributed by atoms with Crippen molar-refractivity contribution in [2.75, 3.05) is 37.4 Å². The van der Waals surface area contributed by atoms with Gasteiger partial charge in [-0.25, -0.2) is 9.97 Å². The summed E-state index contributed by atoms with van der Waals surface area (Å²) in [6.07, 6.45) is 4.78. The summed E-state index contributed by atoms with van der Waals surface area (Å²) in [6, 6.07) is 9.76. The molecule has 6 nitrogen and oxygen atoms in total. The summed E-state index contributed by atoms with van der Waals surface area (Å²) in [5.41, 5.74) is 2.50.